The number of benzene rings is 2. The second kappa shape index (κ2) is 4.73. The van der Waals surface area contributed by atoms with Gasteiger partial charge in [0, 0.05) is 36.5 Å². The van der Waals surface area contributed by atoms with Crippen LogP contribution in [-0.2, 0) is 6.42 Å². The van der Waals surface area contributed by atoms with Crippen LogP contribution in [-0.4, -0.2) is 12.8 Å². The summed E-state index contributed by atoms with van der Waals surface area (Å²) in [4.78, 5) is 14.3. The van der Waals surface area contributed by atoms with Crippen LogP contribution in [0.25, 0.3) is 0 Å². The highest BCUT2D eigenvalue weighted by atomic mass is 16.1. The van der Waals surface area contributed by atoms with Gasteiger partial charge in [-0.15, -0.1) is 0 Å². The number of Topliss-reactive ketones (excluding diaryl/α,β-unsaturated/α-hetero) is 1. The minimum absolute atomic E-state index is 0.151. The van der Waals surface area contributed by atoms with E-state index in [2.05, 4.69) is 0 Å². The number of carbonyl (C=O) groups excluding carboxylic acids is 1. The van der Waals surface area contributed by atoms with E-state index in [0.29, 0.717) is 0 Å². The first-order valence-corrected chi connectivity index (χ1v) is 6.37. The Morgan fingerprint density at radius 2 is 1.68 bits per heavy atom. The highest BCUT2D eigenvalue weighted by Gasteiger charge is 2.24. The fraction of sp³-hybridized carbons (Fsp3) is 0.118. The molecule has 1 aliphatic carbocycles. The van der Waals surface area contributed by atoms with Crippen molar-refractivity contribution in [1.29, 1.82) is 0 Å². The lowest BCUT2D eigenvalue weighted by Crippen LogP contribution is -2.11. The monoisotopic (exact) mass is 249 g/mol. The largest absolute Gasteiger partial charge is 0.351 e. The molecule has 0 atom stereocenters. The summed E-state index contributed by atoms with van der Waals surface area (Å²) in [5.74, 6) is 0.151. The van der Waals surface area contributed by atoms with Crippen LogP contribution in [0.3, 0.4) is 0 Å². The van der Waals surface area contributed by atoms with Gasteiger partial charge in [0.2, 0.25) is 0 Å². The standard InChI is InChI=1S/C17H15NO/c1-18(15-8-3-2-4-9-15)12-14-11-13-7-5-6-10-16(13)17(14)19/h2-10,12H,11H2,1H3/b14-12+. The Morgan fingerprint density at radius 1 is 1.00 bits per heavy atom. The van der Waals surface area contributed by atoms with E-state index in [-0.39, 0.29) is 5.78 Å². The van der Waals surface area contributed by atoms with Gasteiger partial charge in [0.1, 0.15) is 0 Å². The summed E-state index contributed by atoms with van der Waals surface area (Å²) in [6.07, 6.45) is 2.67. The van der Waals surface area contributed by atoms with Gasteiger partial charge in [0.15, 0.2) is 5.78 Å². The molecule has 0 saturated carbocycles. The van der Waals surface area contributed by atoms with Crippen molar-refractivity contribution in [2.45, 2.75) is 6.42 Å². The lowest BCUT2D eigenvalue weighted by atomic mass is 10.1. The molecule has 0 heterocycles. The highest BCUT2D eigenvalue weighted by Crippen LogP contribution is 2.26. The fourth-order valence-electron chi connectivity index (χ4n) is 2.43. The normalized spacial score (nSPS) is 15.6. The summed E-state index contributed by atoms with van der Waals surface area (Å²) >= 11 is 0. The molecule has 0 N–H and O–H groups in total. The van der Waals surface area contributed by atoms with Gasteiger partial charge < -0.3 is 4.90 Å². The van der Waals surface area contributed by atoms with Gasteiger partial charge in [-0.25, -0.2) is 0 Å². The van der Waals surface area contributed by atoms with Crippen molar-refractivity contribution in [2.75, 3.05) is 11.9 Å². The van der Waals surface area contributed by atoms with Crippen molar-refractivity contribution in [1.82, 2.24) is 0 Å². The van der Waals surface area contributed by atoms with Crippen LogP contribution in [0.4, 0.5) is 5.69 Å². The Hall–Kier alpha value is -2.35. The van der Waals surface area contributed by atoms with Gasteiger partial charge in [-0.05, 0) is 17.7 Å². The number of nitrogens with zero attached hydrogens (tertiary/aromatic N) is 1. The fourth-order valence-corrected chi connectivity index (χ4v) is 2.43. The summed E-state index contributed by atoms with van der Waals surface area (Å²) in [6, 6.07) is 17.9. The van der Waals surface area contributed by atoms with E-state index in [9.17, 15) is 4.79 Å². The second-order valence-corrected chi connectivity index (χ2v) is 4.76. The third-order valence-electron chi connectivity index (χ3n) is 3.45. The zero-order valence-corrected chi connectivity index (χ0v) is 10.8. The molecule has 0 amide bonds. The second-order valence-electron chi connectivity index (χ2n) is 4.76. The Kier molecular flexibility index (Phi) is 2.92. The molecule has 2 aromatic carbocycles. The number of carbonyl (C=O) groups is 1. The van der Waals surface area contributed by atoms with Crippen molar-refractivity contribution >= 4 is 11.5 Å². The van der Waals surface area contributed by atoms with Crippen molar-refractivity contribution < 1.29 is 4.79 Å². The molecular weight excluding hydrogens is 234 g/mol. The van der Waals surface area contributed by atoms with Gasteiger partial charge in [0.25, 0.3) is 0 Å². The average Bonchev–Trinajstić information content (AvgIpc) is 2.77. The maximum absolute atomic E-state index is 12.3. The van der Waals surface area contributed by atoms with Crippen molar-refractivity contribution in [3.05, 3.63) is 77.5 Å². The summed E-state index contributed by atoms with van der Waals surface area (Å²) in [6.45, 7) is 0. The lowest BCUT2D eigenvalue weighted by molar-refractivity contribution is 0.103. The number of allylic oxidation sites excluding steroid dienone is 1. The van der Waals surface area contributed by atoms with Crippen molar-refractivity contribution in [3.63, 3.8) is 0 Å². The third-order valence-corrected chi connectivity index (χ3v) is 3.45. The molecule has 2 heteroatoms. The molecule has 2 aromatic rings. The molecule has 0 bridgehead atoms. The number of ketones is 1. The molecule has 19 heavy (non-hydrogen) atoms. The Balaban J connectivity index is 1.89. The molecule has 0 radical (unpaired) electrons. The zero-order chi connectivity index (χ0) is 13.2. The zero-order valence-electron chi connectivity index (χ0n) is 10.8. The van der Waals surface area contributed by atoms with Crippen LogP contribution in [0.15, 0.2) is 66.4 Å². The molecule has 2 nitrogen and oxygen atoms in total. The summed E-state index contributed by atoms with van der Waals surface area (Å²) in [5.41, 5.74) is 3.90. The maximum atomic E-state index is 12.3. The first-order valence-electron chi connectivity index (χ1n) is 6.37. The minimum Gasteiger partial charge on any atom is -0.351 e. The number of hydrogen-bond donors (Lipinski definition) is 0. The van der Waals surface area contributed by atoms with E-state index in [1.54, 1.807) is 0 Å². The molecule has 0 saturated heterocycles. The average molecular weight is 249 g/mol. The van der Waals surface area contributed by atoms with Gasteiger partial charge in [-0.3, -0.25) is 4.79 Å². The van der Waals surface area contributed by atoms with Gasteiger partial charge in [-0.2, -0.15) is 0 Å². The van der Waals surface area contributed by atoms with E-state index in [1.165, 1.54) is 0 Å². The minimum atomic E-state index is 0.151. The number of hydrogen-bond acceptors (Lipinski definition) is 2. The predicted molar refractivity (Wildman–Crippen MR) is 77.4 cm³/mol. The van der Waals surface area contributed by atoms with Crippen molar-refractivity contribution in [2.24, 2.45) is 0 Å². The Bertz CT molecular complexity index is 643. The van der Waals surface area contributed by atoms with E-state index >= 15 is 0 Å². The van der Waals surface area contributed by atoms with Crippen LogP contribution in [0.5, 0.6) is 0 Å². The van der Waals surface area contributed by atoms with E-state index in [0.717, 1.165) is 28.8 Å². The SMILES string of the molecule is CN(/C=C1\Cc2ccccc2C1=O)c1ccccc1. The van der Waals surface area contributed by atoms with Crippen LogP contribution in [0, 0.1) is 0 Å². The third kappa shape index (κ3) is 2.17. The van der Waals surface area contributed by atoms with E-state index in [1.807, 2.05) is 72.7 Å². The number of fused-ring (bicyclic) bond motifs is 1. The van der Waals surface area contributed by atoms with Gasteiger partial charge in [0.05, 0.1) is 0 Å². The van der Waals surface area contributed by atoms with Crippen LogP contribution >= 0.6 is 0 Å². The quantitative estimate of drug-likeness (QED) is 0.760. The molecule has 94 valence electrons. The first-order chi connectivity index (χ1) is 9.25. The van der Waals surface area contributed by atoms with Crippen LogP contribution in [0.1, 0.15) is 15.9 Å². The number of para-hydroxylation sites is 1. The van der Waals surface area contributed by atoms with Gasteiger partial charge in [-0.1, -0.05) is 42.5 Å². The van der Waals surface area contributed by atoms with Crippen molar-refractivity contribution in [3.8, 4) is 0 Å². The summed E-state index contributed by atoms with van der Waals surface area (Å²) in [5, 5.41) is 0. The Morgan fingerprint density at radius 3 is 2.42 bits per heavy atom. The number of rotatable bonds is 2. The molecule has 1 aliphatic rings. The molecule has 0 aliphatic heterocycles. The molecule has 0 fully saturated rings. The van der Waals surface area contributed by atoms with E-state index < -0.39 is 0 Å². The summed E-state index contributed by atoms with van der Waals surface area (Å²) < 4.78 is 0. The molecule has 3 rings (SSSR count). The summed E-state index contributed by atoms with van der Waals surface area (Å²) in [7, 11) is 1.97. The number of anilines is 1. The van der Waals surface area contributed by atoms with E-state index in [4.69, 9.17) is 0 Å². The molecule has 0 spiro atoms. The highest BCUT2D eigenvalue weighted by molar-refractivity contribution is 6.13. The topological polar surface area (TPSA) is 20.3 Å². The smallest absolute Gasteiger partial charge is 0.191 e. The van der Waals surface area contributed by atoms with Crippen LogP contribution < -0.4 is 4.90 Å². The maximum Gasteiger partial charge on any atom is 0.191 e. The Labute approximate surface area is 113 Å². The molecule has 0 unspecified atom stereocenters. The van der Waals surface area contributed by atoms with Crippen LogP contribution in [0.2, 0.25) is 0 Å². The van der Waals surface area contributed by atoms with Gasteiger partial charge >= 0.3 is 0 Å². The lowest BCUT2D eigenvalue weighted by Gasteiger charge is -2.14. The predicted octanol–water partition coefficient (Wildman–Crippen LogP) is 3.45. The molecule has 0 aromatic heterocycles. The molecular formula is C17H15NO. The first kappa shape index (κ1) is 11.7.